The maximum absolute atomic E-state index is 13.5. The Balaban J connectivity index is 1.69. The Kier molecular flexibility index (Phi) is 6.48. The largest absolute Gasteiger partial charge is 0.493 e. The molecule has 0 saturated carbocycles. The number of imide groups is 1. The number of rotatable bonds is 7. The fourth-order valence-corrected chi connectivity index (χ4v) is 4.22. The van der Waals surface area contributed by atoms with Gasteiger partial charge in [0, 0.05) is 45.1 Å². The summed E-state index contributed by atoms with van der Waals surface area (Å²) in [4.78, 5) is 41.0. The van der Waals surface area contributed by atoms with Crippen LogP contribution in [0.1, 0.15) is 19.4 Å². The number of carbonyl (C=O) groups excluding carboxylic acids is 2. The first-order chi connectivity index (χ1) is 15.9. The standard InChI is InChI=1S/C24H29N5O4/c1-16(2)15-29-22(30)20(17-6-7-18(32-3)19(14-17)33-4)21(23(29)31)27-10-12-28(13-11-27)24-25-8-5-9-26-24/h5-9,14,16H,10-13,15H2,1-4H3. The van der Waals surface area contributed by atoms with Crippen LogP contribution in [0.25, 0.3) is 5.57 Å². The Morgan fingerprint density at radius 3 is 2.15 bits per heavy atom. The van der Waals surface area contributed by atoms with Crippen LogP contribution >= 0.6 is 0 Å². The zero-order valence-corrected chi connectivity index (χ0v) is 19.4. The molecule has 9 heteroatoms. The van der Waals surface area contributed by atoms with Gasteiger partial charge in [0.25, 0.3) is 11.8 Å². The van der Waals surface area contributed by atoms with Gasteiger partial charge in [0.15, 0.2) is 11.5 Å². The maximum atomic E-state index is 13.5. The molecule has 2 aliphatic rings. The molecule has 1 aromatic carbocycles. The molecular formula is C24H29N5O4. The normalized spacial score (nSPS) is 16.8. The van der Waals surface area contributed by atoms with Crippen LogP contribution in [0.4, 0.5) is 5.95 Å². The highest BCUT2D eigenvalue weighted by molar-refractivity contribution is 6.35. The highest BCUT2D eigenvalue weighted by atomic mass is 16.5. The van der Waals surface area contributed by atoms with Crippen molar-refractivity contribution in [1.29, 1.82) is 0 Å². The lowest BCUT2D eigenvalue weighted by Gasteiger charge is -2.36. The summed E-state index contributed by atoms with van der Waals surface area (Å²) < 4.78 is 10.8. The maximum Gasteiger partial charge on any atom is 0.277 e. The number of nitrogens with zero attached hydrogens (tertiary/aromatic N) is 5. The number of amides is 2. The van der Waals surface area contributed by atoms with Crippen molar-refractivity contribution >= 4 is 23.3 Å². The van der Waals surface area contributed by atoms with E-state index in [1.807, 2.05) is 18.7 Å². The SMILES string of the molecule is COc1ccc(C2=C(N3CCN(c4ncccn4)CC3)C(=O)N(CC(C)C)C2=O)cc1OC. The van der Waals surface area contributed by atoms with Crippen LogP contribution in [-0.2, 0) is 9.59 Å². The molecule has 174 valence electrons. The van der Waals surface area contributed by atoms with E-state index in [1.165, 1.54) is 4.90 Å². The third kappa shape index (κ3) is 4.35. The Labute approximate surface area is 193 Å². The molecule has 0 atom stereocenters. The number of hydrogen-bond donors (Lipinski definition) is 0. The third-order valence-electron chi connectivity index (χ3n) is 5.79. The molecule has 0 spiro atoms. The molecule has 33 heavy (non-hydrogen) atoms. The average Bonchev–Trinajstić information content (AvgIpc) is 3.08. The number of hydrogen-bond acceptors (Lipinski definition) is 8. The van der Waals surface area contributed by atoms with E-state index in [9.17, 15) is 9.59 Å². The van der Waals surface area contributed by atoms with Gasteiger partial charge in [-0.15, -0.1) is 0 Å². The molecule has 1 fully saturated rings. The Morgan fingerprint density at radius 1 is 0.909 bits per heavy atom. The second kappa shape index (κ2) is 9.48. The van der Waals surface area contributed by atoms with Crippen LogP contribution in [0.5, 0.6) is 11.5 Å². The van der Waals surface area contributed by atoms with Gasteiger partial charge in [0.1, 0.15) is 5.70 Å². The van der Waals surface area contributed by atoms with Gasteiger partial charge in [0.2, 0.25) is 5.95 Å². The Hall–Kier alpha value is -3.62. The number of carbonyl (C=O) groups is 2. The van der Waals surface area contributed by atoms with Crippen LogP contribution in [0.2, 0.25) is 0 Å². The molecule has 2 amide bonds. The molecule has 4 rings (SSSR count). The number of methoxy groups -OCH3 is 2. The number of ether oxygens (including phenoxy) is 2. The summed E-state index contributed by atoms with van der Waals surface area (Å²) in [5.74, 6) is 1.39. The summed E-state index contributed by atoms with van der Waals surface area (Å²) in [5, 5.41) is 0. The van der Waals surface area contributed by atoms with E-state index < -0.39 is 0 Å². The van der Waals surface area contributed by atoms with E-state index in [0.717, 1.165) is 0 Å². The number of aromatic nitrogens is 2. The van der Waals surface area contributed by atoms with E-state index in [-0.39, 0.29) is 17.7 Å². The molecular weight excluding hydrogens is 422 g/mol. The summed E-state index contributed by atoms with van der Waals surface area (Å²) in [6, 6.07) is 7.10. The molecule has 0 N–H and O–H groups in total. The van der Waals surface area contributed by atoms with Crippen molar-refractivity contribution in [3.63, 3.8) is 0 Å². The van der Waals surface area contributed by atoms with Crippen molar-refractivity contribution in [1.82, 2.24) is 19.8 Å². The molecule has 1 saturated heterocycles. The van der Waals surface area contributed by atoms with Gasteiger partial charge >= 0.3 is 0 Å². The van der Waals surface area contributed by atoms with Crippen molar-refractivity contribution in [3.05, 3.63) is 47.9 Å². The minimum absolute atomic E-state index is 0.163. The van der Waals surface area contributed by atoms with Gasteiger partial charge in [-0.2, -0.15) is 0 Å². The van der Waals surface area contributed by atoms with Crippen molar-refractivity contribution in [2.75, 3.05) is 51.8 Å². The van der Waals surface area contributed by atoms with Crippen molar-refractivity contribution < 1.29 is 19.1 Å². The third-order valence-corrected chi connectivity index (χ3v) is 5.79. The van der Waals surface area contributed by atoms with Gasteiger partial charge < -0.3 is 19.3 Å². The Bertz CT molecular complexity index is 1060. The quantitative estimate of drug-likeness (QED) is 0.591. The molecule has 0 aliphatic carbocycles. The lowest BCUT2D eigenvalue weighted by Crippen LogP contribution is -2.48. The molecule has 1 aromatic heterocycles. The second-order valence-corrected chi connectivity index (χ2v) is 8.43. The molecule has 0 bridgehead atoms. The monoisotopic (exact) mass is 451 g/mol. The zero-order chi connectivity index (χ0) is 23.5. The lowest BCUT2D eigenvalue weighted by molar-refractivity contribution is -0.138. The predicted octanol–water partition coefficient (Wildman–Crippen LogP) is 2.05. The van der Waals surface area contributed by atoms with Gasteiger partial charge in [-0.05, 0) is 29.7 Å². The fraction of sp³-hybridized carbons (Fsp3) is 0.417. The number of benzene rings is 1. The average molecular weight is 452 g/mol. The van der Waals surface area contributed by atoms with Crippen LogP contribution in [-0.4, -0.2) is 78.5 Å². The van der Waals surface area contributed by atoms with Crippen molar-refractivity contribution in [2.24, 2.45) is 5.92 Å². The van der Waals surface area contributed by atoms with Gasteiger partial charge in [-0.1, -0.05) is 19.9 Å². The van der Waals surface area contributed by atoms with Crippen molar-refractivity contribution in [3.8, 4) is 11.5 Å². The second-order valence-electron chi connectivity index (χ2n) is 8.43. The van der Waals surface area contributed by atoms with Crippen LogP contribution in [0.3, 0.4) is 0 Å². The Morgan fingerprint density at radius 2 is 1.55 bits per heavy atom. The van der Waals surface area contributed by atoms with Gasteiger partial charge in [-0.3, -0.25) is 14.5 Å². The lowest BCUT2D eigenvalue weighted by atomic mass is 10.0. The van der Waals surface area contributed by atoms with Crippen LogP contribution in [0, 0.1) is 5.92 Å². The van der Waals surface area contributed by atoms with E-state index in [1.54, 1.807) is 50.9 Å². The summed E-state index contributed by atoms with van der Waals surface area (Å²) >= 11 is 0. The number of piperazine rings is 1. The first-order valence-corrected chi connectivity index (χ1v) is 11.0. The van der Waals surface area contributed by atoms with Gasteiger partial charge in [-0.25, -0.2) is 9.97 Å². The number of anilines is 1. The molecule has 0 radical (unpaired) electrons. The molecule has 2 aliphatic heterocycles. The van der Waals surface area contributed by atoms with E-state index in [4.69, 9.17) is 9.47 Å². The van der Waals surface area contributed by atoms with E-state index in [0.29, 0.717) is 67.0 Å². The minimum Gasteiger partial charge on any atom is -0.493 e. The van der Waals surface area contributed by atoms with Crippen LogP contribution in [0.15, 0.2) is 42.4 Å². The highest BCUT2D eigenvalue weighted by Crippen LogP contribution is 2.37. The predicted molar refractivity (Wildman–Crippen MR) is 124 cm³/mol. The highest BCUT2D eigenvalue weighted by Gasteiger charge is 2.42. The van der Waals surface area contributed by atoms with E-state index >= 15 is 0 Å². The minimum atomic E-state index is -0.273. The summed E-state index contributed by atoms with van der Waals surface area (Å²) in [7, 11) is 3.11. The molecule has 9 nitrogen and oxygen atoms in total. The summed E-state index contributed by atoms with van der Waals surface area (Å²) in [5.41, 5.74) is 1.49. The van der Waals surface area contributed by atoms with Crippen molar-refractivity contribution in [2.45, 2.75) is 13.8 Å². The van der Waals surface area contributed by atoms with Crippen LogP contribution < -0.4 is 14.4 Å². The first-order valence-electron chi connectivity index (χ1n) is 11.0. The molecule has 3 heterocycles. The fourth-order valence-electron chi connectivity index (χ4n) is 4.22. The van der Waals surface area contributed by atoms with Gasteiger partial charge in [0.05, 0.1) is 19.8 Å². The first kappa shape index (κ1) is 22.6. The summed E-state index contributed by atoms with van der Waals surface area (Å²) in [6.07, 6.45) is 3.44. The topological polar surface area (TPSA) is 88.1 Å². The molecule has 0 unspecified atom stereocenters. The summed E-state index contributed by atoms with van der Waals surface area (Å²) in [6.45, 7) is 6.82. The molecule has 2 aromatic rings. The smallest absolute Gasteiger partial charge is 0.277 e. The zero-order valence-electron chi connectivity index (χ0n) is 19.4. The van der Waals surface area contributed by atoms with E-state index in [2.05, 4.69) is 14.9 Å².